The molecule has 1 fully saturated rings. The van der Waals surface area contributed by atoms with Gasteiger partial charge in [0.05, 0.1) is 12.0 Å². The van der Waals surface area contributed by atoms with Gasteiger partial charge >= 0.3 is 0 Å². The average molecular weight is 461 g/mol. The standard InChI is InChI=1S/C23H28N2O6S/c1-29-20-9-7-19(32(27,28)25-11-3-2-4-12-25)14-18(20)6-10-23(26)24-15-17-5-8-21-22(13-17)31-16-30-21/h5,7-9,13-14H,2-4,6,10-12,15-16H2,1H3,(H,24,26). The molecule has 0 atom stereocenters. The summed E-state index contributed by atoms with van der Waals surface area (Å²) < 4.78 is 43.6. The van der Waals surface area contributed by atoms with Crippen LogP contribution in [0, 0.1) is 0 Å². The van der Waals surface area contributed by atoms with E-state index in [0.717, 1.165) is 24.8 Å². The molecule has 172 valence electrons. The quantitative estimate of drug-likeness (QED) is 0.651. The maximum absolute atomic E-state index is 13.0. The summed E-state index contributed by atoms with van der Waals surface area (Å²) in [6, 6.07) is 10.4. The summed E-state index contributed by atoms with van der Waals surface area (Å²) in [5, 5.41) is 2.89. The highest BCUT2D eigenvalue weighted by Gasteiger charge is 2.26. The molecule has 8 nitrogen and oxygen atoms in total. The molecule has 2 aromatic rings. The molecule has 0 saturated carbocycles. The first kappa shape index (κ1) is 22.4. The fraction of sp³-hybridized carbons (Fsp3) is 0.435. The highest BCUT2D eigenvalue weighted by atomic mass is 32.2. The first-order valence-electron chi connectivity index (χ1n) is 10.8. The third-order valence-electron chi connectivity index (χ3n) is 5.75. The fourth-order valence-corrected chi connectivity index (χ4v) is 5.52. The second-order valence-electron chi connectivity index (χ2n) is 7.90. The minimum atomic E-state index is -3.54. The van der Waals surface area contributed by atoms with Crippen LogP contribution in [0.2, 0.25) is 0 Å². The molecule has 0 aliphatic carbocycles. The van der Waals surface area contributed by atoms with Crippen LogP contribution in [0.5, 0.6) is 17.2 Å². The van der Waals surface area contributed by atoms with Crippen LogP contribution in [0.25, 0.3) is 0 Å². The van der Waals surface area contributed by atoms with Gasteiger partial charge in [0.25, 0.3) is 0 Å². The number of aryl methyl sites for hydroxylation is 1. The average Bonchev–Trinajstić information content (AvgIpc) is 3.29. The molecule has 2 aromatic carbocycles. The zero-order chi connectivity index (χ0) is 22.6. The van der Waals surface area contributed by atoms with E-state index in [2.05, 4.69) is 5.32 Å². The lowest BCUT2D eigenvalue weighted by molar-refractivity contribution is -0.121. The van der Waals surface area contributed by atoms with Crippen LogP contribution in [0.3, 0.4) is 0 Å². The Labute approximate surface area is 188 Å². The van der Waals surface area contributed by atoms with Crippen LogP contribution < -0.4 is 19.5 Å². The smallest absolute Gasteiger partial charge is 0.243 e. The van der Waals surface area contributed by atoms with Crippen molar-refractivity contribution in [1.29, 1.82) is 0 Å². The molecule has 2 heterocycles. The van der Waals surface area contributed by atoms with Crippen LogP contribution in [0.1, 0.15) is 36.8 Å². The number of carbonyl (C=O) groups excluding carboxylic acids is 1. The van der Waals surface area contributed by atoms with Crippen molar-refractivity contribution >= 4 is 15.9 Å². The van der Waals surface area contributed by atoms with Gasteiger partial charge in [0.2, 0.25) is 22.7 Å². The monoisotopic (exact) mass is 460 g/mol. The van der Waals surface area contributed by atoms with Crippen molar-refractivity contribution in [3.05, 3.63) is 47.5 Å². The highest BCUT2D eigenvalue weighted by Crippen LogP contribution is 2.32. The number of nitrogens with zero attached hydrogens (tertiary/aromatic N) is 1. The van der Waals surface area contributed by atoms with Crippen molar-refractivity contribution in [1.82, 2.24) is 9.62 Å². The molecular weight excluding hydrogens is 432 g/mol. The van der Waals surface area contributed by atoms with Gasteiger partial charge in [-0.25, -0.2) is 8.42 Å². The molecule has 0 radical (unpaired) electrons. The molecule has 9 heteroatoms. The molecule has 0 unspecified atom stereocenters. The van der Waals surface area contributed by atoms with Gasteiger partial charge in [0, 0.05) is 26.1 Å². The Bertz CT molecular complexity index is 1080. The second kappa shape index (κ2) is 9.79. The zero-order valence-electron chi connectivity index (χ0n) is 18.1. The van der Waals surface area contributed by atoms with Crippen LogP contribution in [-0.2, 0) is 27.8 Å². The molecular formula is C23H28N2O6S. The molecule has 0 aromatic heterocycles. The van der Waals surface area contributed by atoms with Crippen LogP contribution in [0.4, 0.5) is 0 Å². The van der Waals surface area contributed by atoms with Crippen LogP contribution >= 0.6 is 0 Å². The molecule has 32 heavy (non-hydrogen) atoms. The van der Waals surface area contributed by atoms with Crippen LogP contribution in [-0.4, -0.2) is 45.6 Å². The summed E-state index contributed by atoms with van der Waals surface area (Å²) in [6.45, 7) is 1.67. The van der Waals surface area contributed by atoms with Gasteiger partial charge in [0.15, 0.2) is 11.5 Å². The number of benzene rings is 2. The van der Waals surface area contributed by atoms with E-state index in [1.54, 1.807) is 22.5 Å². The lowest BCUT2D eigenvalue weighted by Crippen LogP contribution is -2.35. The summed E-state index contributed by atoms with van der Waals surface area (Å²) in [6.07, 6.45) is 3.41. The first-order valence-corrected chi connectivity index (χ1v) is 12.2. The Kier molecular flexibility index (Phi) is 6.86. The molecule has 0 spiro atoms. The van der Waals surface area contributed by atoms with E-state index in [9.17, 15) is 13.2 Å². The maximum atomic E-state index is 13.0. The predicted molar refractivity (Wildman–Crippen MR) is 118 cm³/mol. The highest BCUT2D eigenvalue weighted by molar-refractivity contribution is 7.89. The van der Waals surface area contributed by atoms with Gasteiger partial charge in [-0.2, -0.15) is 4.31 Å². The van der Waals surface area contributed by atoms with Crippen molar-refractivity contribution in [3.63, 3.8) is 0 Å². The van der Waals surface area contributed by atoms with Crippen molar-refractivity contribution in [2.24, 2.45) is 0 Å². The second-order valence-corrected chi connectivity index (χ2v) is 9.84. The van der Waals surface area contributed by atoms with Crippen LogP contribution in [0.15, 0.2) is 41.3 Å². The van der Waals surface area contributed by atoms with E-state index < -0.39 is 10.0 Å². The largest absolute Gasteiger partial charge is 0.496 e. The molecule has 1 amide bonds. The van der Waals surface area contributed by atoms with E-state index in [-0.39, 0.29) is 24.0 Å². The Morgan fingerprint density at radius 1 is 1.06 bits per heavy atom. The van der Waals surface area contributed by atoms with Crippen molar-refractivity contribution < 1.29 is 27.4 Å². The number of methoxy groups -OCH3 is 1. The summed E-state index contributed by atoms with van der Waals surface area (Å²) in [5.41, 5.74) is 1.61. The number of hydrogen-bond donors (Lipinski definition) is 1. The van der Waals surface area contributed by atoms with E-state index in [4.69, 9.17) is 14.2 Å². The van der Waals surface area contributed by atoms with Crippen molar-refractivity contribution in [2.75, 3.05) is 27.0 Å². The van der Waals surface area contributed by atoms with E-state index in [0.29, 0.717) is 48.9 Å². The first-order chi connectivity index (χ1) is 15.5. The molecule has 2 aliphatic rings. The van der Waals surface area contributed by atoms with E-state index in [1.165, 1.54) is 7.11 Å². The normalized spacial score (nSPS) is 16.0. The Morgan fingerprint density at radius 3 is 2.62 bits per heavy atom. The predicted octanol–water partition coefficient (Wildman–Crippen LogP) is 2.85. The summed E-state index contributed by atoms with van der Waals surface area (Å²) in [5.74, 6) is 1.82. The molecule has 2 aliphatic heterocycles. The summed E-state index contributed by atoms with van der Waals surface area (Å²) in [7, 11) is -2.01. The third kappa shape index (κ3) is 4.99. The van der Waals surface area contributed by atoms with Crippen molar-refractivity contribution in [2.45, 2.75) is 43.5 Å². The lowest BCUT2D eigenvalue weighted by atomic mass is 10.1. The topological polar surface area (TPSA) is 94.2 Å². The van der Waals surface area contributed by atoms with Gasteiger partial charge in [0.1, 0.15) is 5.75 Å². The van der Waals surface area contributed by atoms with Gasteiger partial charge in [-0.3, -0.25) is 4.79 Å². The Morgan fingerprint density at radius 2 is 1.84 bits per heavy atom. The number of carbonyl (C=O) groups is 1. The summed E-state index contributed by atoms with van der Waals surface area (Å²) in [4.78, 5) is 12.7. The van der Waals surface area contributed by atoms with Gasteiger partial charge in [-0.05, 0) is 60.7 Å². The zero-order valence-corrected chi connectivity index (χ0v) is 18.9. The Hall–Kier alpha value is -2.78. The molecule has 4 rings (SSSR count). The number of amides is 1. The van der Waals surface area contributed by atoms with E-state index >= 15 is 0 Å². The summed E-state index contributed by atoms with van der Waals surface area (Å²) >= 11 is 0. The maximum Gasteiger partial charge on any atom is 0.243 e. The third-order valence-corrected chi connectivity index (χ3v) is 7.65. The number of hydrogen-bond acceptors (Lipinski definition) is 6. The van der Waals surface area contributed by atoms with E-state index in [1.807, 2.05) is 18.2 Å². The number of ether oxygens (including phenoxy) is 3. The number of rotatable bonds is 8. The minimum Gasteiger partial charge on any atom is -0.496 e. The lowest BCUT2D eigenvalue weighted by Gasteiger charge is -2.26. The number of piperidine rings is 1. The SMILES string of the molecule is COc1ccc(S(=O)(=O)N2CCCCC2)cc1CCC(=O)NCc1ccc2c(c1)OCO2. The number of nitrogens with one attached hydrogen (secondary N) is 1. The van der Waals surface area contributed by atoms with Crippen molar-refractivity contribution in [3.8, 4) is 17.2 Å². The molecule has 0 bridgehead atoms. The number of fused-ring (bicyclic) bond motifs is 1. The minimum absolute atomic E-state index is 0.131. The Balaban J connectivity index is 1.38. The van der Waals surface area contributed by atoms with Gasteiger partial charge in [-0.15, -0.1) is 0 Å². The fourth-order valence-electron chi connectivity index (χ4n) is 3.95. The molecule has 1 N–H and O–H groups in total. The molecule has 1 saturated heterocycles. The van der Waals surface area contributed by atoms with Gasteiger partial charge < -0.3 is 19.5 Å². The van der Waals surface area contributed by atoms with Gasteiger partial charge in [-0.1, -0.05) is 12.5 Å². The number of sulfonamides is 1.